The molecule has 1 unspecified atom stereocenters. The number of hydrogen-bond acceptors (Lipinski definition) is 3. The quantitative estimate of drug-likeness (QED) is 0.687. The van der Waals surface area contributed by atoms with E-state index < -0.39 is 0 Å². The lowest BCUT2D eigenvalue weighted by Gasteiger charge is -2.18. The minimum atomic E-state index is -0.149. The van der Waals surface area contributed by atoms with E-state index in [1.54, 1.807) is 17.0 Å². The first-order valence-electron chi connectivity index (χ1n) is 10.0. The number of nitrogens with one attached hydrogen (secondary N) is 1. The molecule has 0 saturated carbocycles. The van der Waals surface area contributed by atoms with Crippen LogP contribution in [0.15, 0.2) is 48.5 Å². The van der Waals surface area contributed by atoms with E-state index in [1.165, 1.54) is 0 Å². The van der Waals surface area contributed by atoms with Crippen molar-refractivity contribution in [2.45, 2.75) is 45.6 Å². The van der Waals surface area contributed by atoms with Crippen LogP contribution in [0.3, 0.4) is 0 Å². The second kappa shape index (κ2) is 9.40. The van der Waals surface area contributed by atoms with Crippen LogP contribution in [-0.4, -0.2) is 25.0 Å². The standard InChI is InChI=1S/C23H28N2O3/c1-3-4-15-28-21-12-10-18(11-13-21)17(2)24-23(27)19-7-5-8-20(16-19)25-14-6-9-22(25)26/h5,7-8,10-13,16-17H,3-4,6,9,14-15H2,1-2H3,(H,24,27). The third-order valence-electron chi connectivity index (χ3n) is 4.99. The van der Waals surface area contributed by atoms with Gasteiger partial charge in [0.1, 0.15) is 5.75 Å². The lowest BCUT2D eigenvalue weighted by Crippen LogP contribution is -2.27. The normalized spacial score (nSPS) is 14.8. The van der Waals surface area contributed by atoms with Gasteiger partial charge in [-0.15, -0.1) is 0 Å². The van der Waals surface area contributed by atoms with Gasteiger partial charge >= 0.3 is 0 Å². The predicted octanol–water partition coefficient (Wildman–Crippen LogP) is 4.48. The average molecular weight is 380 g/mol. The number of rotatable bonds is 8. The highest BCUT2D eigenvalue weighted by Gasteiger charge is 2.22. The van der Waals surface area contributed by atoms with Crippen LogP contribution in [0.25, 0.3) is 0 Å². The van der Waals surface area contributed by atoms with Crippen LogP contribution in [0, 0.1) is 0 Å². The van der Waals surface area contributed by atoms with Crippen LogP contribution in [0.2, 0.25) is 0 Å². The van der Waals surface area contributed by atoms with Crippen LogP contribution < -0.4 is 15.0 Å². The van der Waals surface area contributed by atoms with Crippen LogP contribution >= 0.6 is 0 Å². The fraction of sp³-hybridized carbons (Fsp3) is 0.391. The molecular formula is C23H28N2O3. The van der Waals surface area contributed by atoms with Gasteiger partial charge in [0.15, 0.2) is 0 Å². The molecule has 5 nitrogen and oxygen atoms in total. The van der Waals surface area contributed by atoms with E-state index >= 15 is 0 Å². The Bertz CT molecular complexity index is 817. The van der Waals surface area contributed by atoms with E-state index in [-0.39, 0.29) is 17.9 Å². The highest BCUT2D eigenvalue weighted by atomic mass is 16.5. The van der Waals surface area contributed by atoms with Crippen molar-refractivity contribution in [3.63, 3.8) is 0 Å². The van der Waals surface area contributed by atoms with Gasteiger partial charge in [0.05, 0.1) is 12.6 Å². The summed E-state index contributed by atoms with van der Waals surface area (Å²) in [5.41, 5.74) is 2.36. The smallest absolute Gasteiger partial charge is 0.251 e. The van der Waals surface area contributed by atoms with Gasteiger partial charge in [-0.1, -0.05) is 31.5 Å². The number of ether oxygens (including phenoxy) is 1. The maximum absolute atomic E-state index is 12.7. The summed E-state index contributed by atoms with van der Waals surface area (Å²) < 4.78 is 5.68. The van der Waals surface area contributed by atoms with E-state index in [4.69, 9.17) is 4.74 Å². The molecule has 0 bridgehead atoms. The van der Waals surface area contributed by atoms with Gasteiger partial charge < -0.3 is 15.0 Å². The Kier molecular flexibility index (Phi) is 6.69. The van der Waals surface area contributed by atoms with Crippen LogP contribution in [-0.2, 0) is 4.79 Å². The van der Waals surface area contributed by atoms with Crippen molar-refractivity contribution in [2.24, 2.45) is 0 Å². The Hall–Kier alpha value is -2.82. The van der Waals surface area contributed by atoms with E-state index in [9.17, 15) is 9.59 Å². The summed E-state index contributed by atoms with van der Waals surface area (Å²) in [5.74, 6) is 0.815. The second-order valence-electron chi connectivity index (χ2n) is 7.17. The number of amides is 2. The average Bonchev–Trinajstić information content (AvgIpc) is 3.14. The number of anilines is 1. The van der Waals surface area contributed by atoms with Gasteiger partial charge in [0.25, 0.3) is 5.91 Å². The topological polar surface area (TPSA) is 58.6 Å². The first kappa shape index (κ1) is 19.9. The van der Waals surface area contributed by atoms with Gasteiger partial charge in [-0.05, 0) is 55.7 Å². The Morgan fingerprint density at radius 1 is 1.21 bits per heavy atom. The third-order valence-corrected chi connectivity index (χ3v) is 4.99. The van der Waals surface area contributed by atoms with Crippen LogP contribution in [0.5, 0.6) is 5.75 Å². The fourth-order valence-corrected chi connectivity index (χ4v) is 3.29. The lowest BCUT2D eigenvalue weighted by molar-refractivity contribution is -0.117. The first-order valence-corrected chi connectivity index (χ1v) is 10.0. The molecule has 5 heteroatoms. The molecule has 1 fully saturated rings. The minimum Gasteiger partial charge on any atom is -0.494 e. The number of unbranched alkanes of at least 4 members (excludes halogenated alkanes) is 1. The molecule has 0 spiro atoms. The minimum absolute atomic E-state index is 0.118. The lowest BCUT2D eigenvalue weighted by atomic mass is 10.1. The number of carbonyl (C=O) groups excluding carboxylic acids is 2. The molecule has 1 heterocycles. The molecule has 1 aliphatic rings. The molecule has 148 valence electrons. The molecule has 2 aromatic carbocycles. The summed E-state index contributed by atoms with van der Waals surface area (Å²) in [7, 11) is 0. The monoisotopic (exact) mass is 380 g/mol. The summed E-state index contributed by atoms with van der Waals surface area (Å²) in [6.07, 6.45) is 3.58. The molecule has 0 radical (unpaired) electrons. The Labute approximate surface area is 166 Å². The molecule has 0 aromatic heterocycles. The Balaban J connectivity index is 1.61. The molecule has 1 saturated heterocycles. The highest BCUT2D eigenvalue weighted by Crippen LogP contribution is 2.23. The molecule has 1 aliphatic heterocycles. The summed E-state index contributed by atoms with van der Waals surface area (Å²) >= 11 is 0. The fourth-order valence-electron chi connectivity index (χ4n) is 3.29. The third kappa shape index (κ3) is 4.91. The van der Waals surface area contributed by atoms with Crippen molar-refractivity contribution in [3.05, 3.63) is 59.7 Å². The van der Waals surface area contributed by atoms with Gasteiger partial charge in [-0.25, -0.2) is 0 Å². The molecule has 1 atom stereocenters. The predicted molar refractivity (Wildman–Crippen MR) is 111 cm³/mol. The highest BCUT2D eigenvalue weighted by molar-refractivity contribution is 5.99. The van der Waals surface area contributed by atoms with Crippen molar-refractivity contribution in [3.8, 4) is 5.75 Å². The van der Waals surface area contributed by atoms with E-state index in [1.807, 2.05) is 43.3 Å². The number of carbonyl (C=O) groups is 2. The van der Waals surface area contributed by atoms with Gasteiger partial charge in [-0.2, -0.15) is 0 Å². The Morgan fingerprint density at radius 2 is 2.00 bits per heavy atom. The van der Waals surface area contributed by atoms with E-state index in [2.05, 4.69) is 12.2 Å². The number of benzene rings is 2. The molecule has 3 rings (SSSR count). The second-order valence-corrected chi connectivity index (χ2v) is 7.17. The molecule has 0 aliphatic carbocycles. The largest absolute Gasteiger partial charge is 0.494 e. The van der Waals surface area contributed by atoms with Crippen molar-refractivity contribution < 1.29 is 14.3 Å². The first-order chi connectivity index (χ1) is 13.6. The zero-order valence-electron chi connectivity index (χ0n) is 16.6. The zero-order valence-corrected chi connectivity index (χ0v) is 16.6. The van der Waals surface area contributed by atoms with Crippen LogP contribution in [0.1, 0.15) is 61.5 Å². The summed E-state index contributed by atoms with van der Waals surface area (Å²) in [5, 5.41) is 3.03. The molecule has 28 heavy (non-hydrogen) atoms. The van der Waals surface area contributed by atoms with Gasteiger partial charge in [0.2, 0.25) is 5.91 Å². The summed E-state index contributed by atoms with van der Waals surface area (Å²) in [6, 6.07) is 15.0. The number of nitrogens with zero attached hydrogens (tertiary/aromatic N) is 1. The van der Waals surface area contributed by atoms with Crippen molar-refractivity contribution in [2.75, 3.05) is 18.1 Å². The molecule has 2 aromatic rings. The SMILES string of the molecule is CCCCOc1ccc(C(C)NC(=O)c2cccc(N3CCCC3=O)c2)cc1. The zero-order chi connectivity index (χ0) is 19.9. The molecular weight excluding hydrogens is 352 g/mol. The summed E-state index contributed by atoms with van der Waals surface area (Å²) in [4.78, 5) is 26.4. The van der Waals surface area contributed by atoms with Gasteiger partial charge in [0, 0.05) is 24.2 Å². The maximum Gasteiger partial charge on any atom is 0.251 e. The molecule has 1 N–H and O–H groups in total. The van der Waals surface area contributed by atoms with Gasteiger partial charge in [-0.3, -0.25) is 9.59 Å². The van der Waals surface area contributed by atoms with E-state index in [0.29, 0.717) is 18.5 Å². The van der Waals surface area contributed by atoms with Crippen molar-refractivity contribution >= 4 is 17.5 Å². The van der Waals surface area contributed by atoms with Crippen molar-refractivity contribution in [1.29, 1.82) is 0 Å². The van der Waals surface area contributed by atoms with E-state index in [0.717, 1.165) is 42.9 Å². The Morgan fingerprint density at radius 3 is 2.68 bits per heavy atom. The van der Waals surface area contributed by atoms with Crippen LogP contribution in [0.4, 0.5) is 5.69 Å². The van der Waals surface area contributed by atoms with Crippen molar-refractivity contribution in [1.82, 2.24) is 5.32 Å². The number of hydrogen-bond donors (Lipinski definition) is 1. The molecule has 2 amide bonds. The maximum atomic E-state index is 12.7. The summed E-state index contributed by atoms with van der Waals surface area (Å²) in [6.45, 7) is 5.53.